The normalized spacial score (nSPS) is 12.5. The van der Waals surface area contributed by atoms with Crippen LogP contribution in [0.5, 0.6) is 0 Å². The fourth-order valence-electron chi connectivity index (χ4n) is 0.782. The van der Waals surface area contributed by atoms with Gasteiger partial charge in [-0.1, -0.05) is 38.3 Å². The Morgan fingerprint density at radius 2 is 1.79 bits per heavy atom. The molecule has 4 heteroatoms. The van der Waals surface area contributed by atoms with Crippen molar-refractivity contribution in [3.8, 4) is 0 Å². The van der Waals surface area contributed by atoms with Crippen molar-refractivity contribution < 1.29 is 14.3 Å². The van der Waals surface area contributed by atoms with Crippen LogP contribution in [-0.4, -0.2) is 24.7 Å². The molecule has 0 aliphatic heterocycles. The zero-order valence-corrected chi connectivity index (χ0v) is 9.68. The molecule has 0 aromatic heterocycles. The third-order valence-electron chi connectivity index (χ3n) is 1.69. The van der Waals surface area contributed by atoms with Crippen LogP contribution in [0.15, 0.2) is 0 Å². The van der Waals surface area contributed by atoms with Crippen molar-refractivity contribution in [1.82, 2.24) is 0 Å². The van der Waals surface area contributed by atoms with E-state index in [-0.39, 0.29) is 0 Å². The van der Waals surface area contributed by atoms with Crippen LogP contribution < -0.4 is 0 Å². The minimum Gasteiger partial charge on any atom is -0.463 e. The van der Waals surface area contributed by atoms with Crippen molar-refractivity contribution >= 4 is 17.6 Å². The fraction of sp³-hybridized carbons (Fsp3) is 0.900. The smallest absolute Gasteiger partial charge is 0.351 e. The monoisotopic (exact) mass is 222 g/mol. The number of alkyl halides is 1. The molecule has 3 nitrogen and oxygen atoms in total. The van der Waals surface area contributed by atoms with E-state index < -0.39 is 11.5 Å². The molecule has 0 N–H and O–H groups in total. The van der Waals surface area contributed by atoms with Crippen LogP contribution in [0.25, 0.3) is 0 Å². The molecule has 84 valence electrons. The second-order valence-electron chi connectivity index (χ2n) is 3.06. The molecule has 0 bridgehead atoms. The van der Waals surface area contributed by atoms with E-state index in [0.717, 1.165) is 25.7 Å². The van der Waals surface area contributed by atoms with Gasteiger partial charge in [0, 0.05) is 6.61 Å². The summed E-state index contributed by atoms with van der Waals surface area (Å²) in [4.78, 5) is 11.1. The predicted octanol–water partition coefficient (Wildman–Crippen LogP) is 2.71. The van der Waals surface area contributed by atoms with Crippen LogP contribution in [0.2, 0.25) is 0 Å². The van der Waals surface area contributed by atoms with Gasteiger partial charge in [0.1, 0.15) is 0 Å². The molecule has 0 saturated heterocycles. The summed E-state index contributed by atoms with van der Waals surface area (Å²) in [5, 5.41) is 0. The van der Waals surface area contributed by atoms with Crippen LogP contribution in [0, 0.1) is 0 Å². The van der Waals surface area contributed by atoms with E-state index in [1.807, 2.05) is 13.8 Å². The lowest BCUT2D eigenvalue weighted by molar-refractivity contribution is -0.151. The molecule has 0 heterocycles. The highest BCUT2D eigenvalue weighted by atomic mass is 35.5. The Balaban J connectivity index is 3.44. The maximum Gasteiger partial charge on any atom is 0.351 e. The summed E-state index contributed by atoms with van der Waals surface area (Å²) in [5.74, 6) is -0.476. The molecular formula is C10H19ClO3. The number of rotatable bonds is 8. The zero-order chi connectivity index (χ0) is 10.8. The summed E-state index contributed by atoms with van der Waals surface area (Å²) in [7, 11) is 0. The lowest BCUT2D eigenvalue weighted by Crippen LogP contribution is -2.22. The SMILES string of the molecule is CCCCOC(=O)C(Cl)OCCCC. The van der Waals surface area contributed by atoms with Crippen LogP contribution >= 0.6 is 11.6 Å². The van der Waals surface area contributed by atoms with Crippen molar-refractivity contribution in [1.29, 1.82) is 0 Å². The first-order valence-corrected chi connectivity index (χ1v) is 5.58. The maximum absolute atomic E-state index is 11.1. The first-order chi connectivity index (χ1) is 6.72. The third kappa shape index (κ3) is 7.15. The maximum atomic E-state index is 11.1. The lowest BCUT2D eigenvalue weighted by Gasteiger charge is -2.10. The molecule has 14 heavy (non-hydrogen) atoms. The first kappa shape index (κ1) is 13.7. The second kappa shape index (κ2) is 9.28. The standard InChI is InChI=1S/C10H19ClO3/c1-3-5-7-13-9(11)10(12)14-8-6-4-2/h9H,3-8H2,1-2H3. The molecule has 0 radical (unpaired) electrons. The summed E-state index contributed by atoms with van der Waals surface area (Å²) >= 11 is 5.65. The molecule has 0 aliphatic rings. The minimum absolute atomic E-state index is 0.426. The van der Waals surface area contributed by atoms with E-state index in [2.05, 4.69) is 0 Å². The highest BCUT2D eigenvalue weighted by molar-refractivity contribution is 6.28. The van der Waals surface area contributed by atoms with Gasteiger partial charge in [-0.2, -0.15) is 0 Å². The Morgan fingerprint density at radius 1 is 1.21 bits per heavy atom. The zero-order valence-electron chi connectivity index (χ0n) is 8.92. The molecule has 0 aromatic rings. The predicted molar refractivity (Wildman–Crippen MR) is 56.4 cm³/mol. The van der Waals surface area contributed by atoms with Gasteiger partial charge in [0.25, 0.3) is 0 Å². The number of carbonyl (C=O) groups is 1. The summed E-state index contributed by atoms with van der Waals surface area (Å²) in [6.45, 7) is 5.01. The van der Waals surface area contributed by atoms with E-state index in [4.69, 9.17) is 21.1 Å². The Labute approximate surface area is 90.7 Å². The number of hydrogen-bond donors (Lipinski definition) is 0. The largest absolute Gasteiger partial charge is 0.463 e. The van der Waals surface area contributed by atoms with Crippen molar-refractivity contribution in [2.45, 2.75) is 45.1 Å². The van der Waals surface area contributed by atoms with E-state index in [0.29, 0.717) is 13.2 Å². The Kier molecular flexibility index (Phi) is 9.10. The molecule has 0 rings (SSSR count). The van der Waals surface area contributed by atoms with Gasteiger partial charge >= 0.3 is 5.97 Å². The summed E-state index contributed by atoms with van der Waals surface area (Å²) in [5.41, 5.74) is -0.946. The van der Waals surface area contributed by atoms with Crippen molar-refractivity contribution in [3.63, 3.8) is 0 Å². The van der Waals surface area contributed by atoms with Crippen LogP contribution in [0.3, 0.4) is 0 Å². The van der Waals surface area contributed by atoms with E-state index in [1.165, 1.54) is 0 Å². The van der Waals surface area contributed by atoms with Crippen molar-refractivity contribution in [3.05, 3.63) is 0 Å². The van der Waals surface area contributed by atoms with Crippen LogP contribution in [0.4, 0.5) is 0 Å². The Hall–Kier alpha value is -0.280. The van der Waals surface area contributed by atoms with Gasteiger partial charge in [0.2, 0.25) is 5.56 Å². The molecular weight excluding hydrogens is 204 g/mol. The third-order valence-corrected chi connectivity index (χ3v) is 1.99. The highest BCUT2D eigenvalue weighted by Crippen LogP contribution is 2.03. The highest BCUT2D eigenvalue weighted by Gasteiger charge is 2.16. The van der Waals surface area contributed by atoms with Gasteiger partial charge in [-0.25, -0.2) is 4.79 Å². The van der Waals surface area contributed by atoms with E-state index in [1.54, 1.807) is 0 Å². The number of hydrogen-bond acceptors (Lipinski definition) is 3. The van der Waals surface area contributed by atoms with Gasteiger partial charge in [-0.3, -0.25) is 0 Å². The van der Waals surface area contributed by atoms with Gasteiger partial charge < -0.3 is 9.47 Å². The number of halogens is 1. The number of carbonyl (C=O) groups excluding carboxylic acids is 1. The fourth-order valence-corrected chi connectivity index (χ4v) is 0.934. The first-order valence-electron chi connectivity index (χ1n) is 5.14. The summed E-state index contributed by atoms with van der Waals surface area (Å²) in [6.07, 6.45) is 3.79. The van der Waals surface area contributed by atoms with Crippen LogP contribution in [-0.2, 0) is 14.3 Å². The van der Waals surface area contributed by atoms with Gasteiger partial charge in [0.05, 0.1) is 6.61 Å². The Morgan fingerprint density at radius 3 is 2.36 bits per heavy atom. The quantitative estimate of drug-likeness (QED) is 0.360. The Bertz CT molecular complexity index is 150. The topological polar surface area (TPSA) is 35.5 Å². The molecule has 0 amide bonds. The average Bonchev–Trinajstić information content (AvgIpc) is 2.18. The average molecular weight is 223 g/mol. The second-order valence-corrected chi connectivity index (χ2v) is 3.46. The van der Waals surface area contributed by atoms with Gasteiger partial charge in [-0.15, -0.1) is 0 Å². The molecule has 1 atom stereocenters. The minimum atomic E-state index is -0.946. The van der Waals surface area contributed by atoms with Gasteiger partial charge in [-0.05, 0) is 12.8 Å². The van der Waals surface area contributed by atoms with Crippen molar-refractivity contribution in [2.24, 2.45) is 0 Å². The summed E-state index contributed by atoms with van der Waals surface area (Å²) < 4.78 is 9.94. The van der Waals surface area contributed by atoms with Crippen molar-refractivity contribution in [2.75, 3.05) is 13.2 Å². The molecule has 0 spiro atoms. The number of esters is 1. The molecule has 0 aliphatic carbocycles. The number of ether oxygens (including phenoxy) is 2. The van der Waals surface area contributed by atoms with E-state index >= 15 is 0 Å². The molecule has 0 saturated carbocycles. The number of unbranched alkanes of at least 4 members (excludes halogenated alkanes) is 2. The van der Waals surface area contributed by atoms with Crippen LogP contribution in [0.1, 0.15) is 39.5 Å². The molecule has 1 unspecified atom stereocenters. The van der Waals surface area contributed by atoms with E-state index in [9.17, 15) is 4.79 Å². The molecule has 0 aromatic carbocycles. The summed E-state index contributed by atoms with van der Waals surface area (Å²) in [6, 6.07) is 0. The lowest BCUT2D eigenvalue weighted by atomic mass is 10.4. The molecule has 0 fully saturated rings. The van der Waals surface area contributed by atoms with Gasteiger partial charge in [0.15, 0.2) is 0 Å².